The molecule has 1 aliphatic rings. The van der Waals surface area contributed by atoms with Crippen LogP contribution in [0.15, 0.2) is 0 Å². The van der Waals surface area contributed by atoms with E-state index in [0.717, 1.165) is 30.1 Å². The summed E-state index contributed by atoms with van der Waals surface area (Å²) in [5, 5.41) is 8.30. The third-order valence-electron chi connectivity index (χ3n) is 3.41. The molecule has 3 rings (SSSR count). The first-order valence-electron chi connectivity index (χ1n) is 6.09. The summed E-state index contributed by atoms with van der Waals surface area (Å²) in [4.78, 5) is 4.52. The molecule has 0 fully saturated rings. The highest BCUT2D eigenvalue weighted by molar-refractivity contribution is 5.48. The van der Waals surface area contributed by atoms with Crippen LogP contribution in [0.25, 0.3) is 5.65 Å². The van der Waals surface area contributed by atoms with Crippen molar-refractivity contribution < 1.29 is 4.74 Å². The predicted molar refractivity (Wildman–Crippen MR) is 63.3 cm³/mol. The zero-order chi connectivity index (χ0) is 11.8. The second-order valence-corrected chi connectivity index (χ2v) is 4.52. The number of nitrogens with zero attached hydrogens (tertiary/aromatic N) is 4. The van der Waals surface area contributed by atoms with E-state index in [1.165, 1.54) is 30.5 Å². The van der Waals surface area contributed by atoms with Crippen molar-refractivity contribution in [2.45, 2.75) is 39.0 Å². The first kappa shape index (κ1) is 10.5. The number of rotatable bonds is 1. The van der Waals surface area contributed by atoms with E-state index in [2.05, 4.69) is 15.3 Å². The van der Waals surface area contributed by atoms with Gasteiger partial charge in [-0.05, 0) is 32.6 Å². The van der Waals surface area contributed by atoms with Crippen molar-refractivity contribution in [3.05, 3.63) is 17.0 Å². The van der Waals surface area contributed by atoms with Gasteiger partial charge in [0, 0.05) is 5.56 Å². The number of ether oxygens (including phenoxy) is 1. The van der Waals surface area contributed by atoms with Crippen LogP contribution in [-0.2, 0) is 12.8 Å². The van der Waals surface area contributed by atoms with E-state index < -0.39 is 0 Å². The highest BCUT2D eigenvalue weighted by atomic mass is 16.5. The van der Waals surface area contributed by atoms with E-state index >= 15 is 0 Å². The molecule has 0 saturated carbocycles. The van der Waals surface area contributed by atoms with Gasteiger partial charge in [0.05, 0.1) is 12.8 Å². The molecule has 90 valence electrons. The van der Waals surface area contributed by atoms with Gasteiger partial charge in [-0.3, -0.25) is 0 Å². The van der Waals surface area contributed by atoms with Crippen LogP contribution in [0.1, 0.15) is 36.2 Å². The molecule has 0 atom stereocenters. The van der Waals surface area contributed by atoms with Crippen LogP contribution in [0.2, 0.25) is 0 Å². The molecule has 0 N–H and O–H groups in total. The van der Waals surface area contributed by atoms with Gasteiger partial charge >= 0.3 is 0 Å². The zero-order valence-electron chi connectivity index (χ0n) is 10.2. The zero-order valence-corrected chi connectivity index (χ0v) is 10.2. The Kier molecular flexibility index (Phi) is 2.46. The second-order valence-electron chi connectivity index (χ2n) is 4.52. The molecule has 1 aliphatic carbocycles. The average Bonchev–Trinajstić information content (AvgIpc) is 2.58. The molecule has 0 radical (unpaired) electrons. The van der Waals surface area contributed by atoms with E-state index in [9.17, 15) is 0 Å². The fourth-order valence-electron chi connectivity index (χ4n) is 2.53. The molecule has 0 saturated heterocycles. The van der Waals surface area contributed by atoms with Gasteiger partial charge < -0.3 is 4.74 Å². The Hall–Kier alpha value is -1.65. The van der Waals surface area contributed by atoms with Crippen LogP contribution in [-0.4, -0.2) is 26.9 Å². The lowest BCUT2D eigenvalue weighted by Crippen LogP contribution is -2.07. The van der Waals surface area contributed by atoms with Crippen molar-refractivity contribution in [3.63, 3.8) is 0 Å². The van der Waals surface area contributed by atoms with Crippen molar-refractivity contribution in [1.82, 2.24) is 19.8 Å². The fraction of sp³-hybridized carbons (Fsp3) is 0.583. The lowest BCUT2D eigenvalue weighted by molar-refractivity contribution is 0.391. The number of aryl methyl sites for hydroxylation is 2. The Balaban J connectivity index is 2.32. The minimum Gasteiger partial charge on any atom is -0.481 e. The van der Waals surface area contributed by atoms with Crippen molar-refractivity contribution in [1.29, 1.82) is 0 Å². The van der Waals surface area contributed by atoms with Gasteiger partial charge in [0.1, 0.15) is 5.69 Å². The van der Waals surface area contributed by atoms with Crippen LogP contribution in [0, 0.1) is 6.92 Å². The van der Waals surface area contributed by atoms with Crippen LogP contribution in [0.5, 0.6) is 5.88 Å². The lowest BCUT2D eigenvalue weighted by atomic mass is 10.1. The summed E-state index contributed by atoms with van der Waals surface area (Å²) in [7, 11) is 1.68. The van der Waals surface area contributed by atoms with Crippen molar-refractivity contribution >= 4 is 5.65 Å². The molecule has 5 nitrogen and oxygen atoms in total. The molecule has 0 amide bonds. The normalized spacial score (nSPS) is 15.6. The number of hydrogen-bond donors (Lipinski definition) is 0. The number of aromatic nitrogens is 4. The summed E-state index contributed by atoms with van der Waals surface area (Å²) < 4.78 is 7.31. The first-order chi connectivity index (χ1) is 8.31. The van der Waals surface area contributed by atoms with Crippen LogP contribution >= 0.6 is 0 Å². The second kappa shape index (κ2) is 3.98. The van der Waals surface area contributed by atoms with Crippen LogP contribution in [0.4, 0.5) is 0 Å². The number of methoxy groups -OCH3 is 1. The standard InChI is InChI=1S/C12H16N4O/c1-8-11-13-12(17-2)9-6-4-3-5-7-10(9)16(11)15-14-8/h3-7H2,1-2H3. The summed E-state index contributed by atoms with van der Waals surface area (Å²) in [5.74, 6) is 0.750. The van der Waals surface area contributed by atoms with E-state index in [4.69, 9.17) is 4.74 Å². The molecule has 0 bridgehead atoms. The highest BCUT2D eigenvalue weighted by Gasteiger charge is 2.20. The van der Waals surface area contributed by atoms with Crippen molar-refractivity contribution in [3.8, 4) is 5.88 Å². The minimum absolute atomic E-state index is 0.750. The number of fused-ring (bicyclic) bond motifs is 3. The molecule has 0 unspecified atom stereocenters. The Morgan fingerprint density at radius 3 is 2.82 bits per heavy atom. The van der Waals surface area contributed by atoms with Gasteiger partial charge in [0.2, 0.25) is 5.88 Å². The molecule has 0 aliphatic heterocycles. The summed E-state index contributed by atoms with van der Waals surface area (Å²) >= 11 is 0. The summed E-state index contributed by atoms with van der Waals surface area (Å²) in [6, 6.07) is 0. The van der Waals surface area contributed by atoms with Crippen molar-refractivity contribution in [2.75, 3.05) is 7.11 Å². The maximum Gasteiger partial charge on any atom is 0.220 e. The maximum absolute atomic E-state index is 5.42. The predicted octanol–water partition coefficient (Wildman–Crippen LogP) is 1.71. The molecule has 2 aromatic heterocycles. The molecule has 0 aromatic carbocycles. The van der Waals surface area contributed by atoms with Gasteiger partial charge in [0.25, 0.3) is 0 Å². The molecule has 5 heteroatoms. The Morgan fingerprint density at radius 2 is 2.00 bits per heavy atom. The van der Waals surface area contributed by atoms with Crippen LogP contribution < -0.4 is 4.74 Å². The minimum atomic E-state index is 0.750. The molecule has 0 spiro atoms. The third kappa shape index (κ3) is 1.57. The fourth-order valence-corrected chi connectivity index (χ4v) is 2.53. The molecule has 2 aromatic rings. The lowest BCUT2D eigenvalue weighted by Gasteiger charge is -2.11. The quantitative estimate of drug-likeness (QED) is 0.702. The topological polar surface area (TPSA) is 52.3 Å². The SMILES string of the molecule is COc1nc2c(C)nnn2c2c1CCCCC2. The van der Waals surface area contributed by atoms with Gasteiger partial charge in [-0.1, -0.05) is 11.6 Å². The van der Waals surface area contributed by atoms with Gasteiger partial charge in [-0.2, -0.15) is 9.50 Å². The van der Waals surface area contributed by atoms with Crippen molar-refractivity contribution in [2.24, 2.45) is 0 Å². The van der Waals surface area contributed by atoms with Gasteiger partial charge in [-0.15, -0.1) is 5.10 Å². The molecule has 2 heterocycles. The number of hydrogen-bond acceptors (Lipinski definition) is 4. The largest absolute Gasteiger partial charge is 0.481 e. The smallest absolute Gasteiger partial charge is 0.220 e. The van der Waals surface area contributed by atoms with Crippen LogP contribution in [0.3, 0.4) is 0 Å². The Morgan fingerprint density at radius 1 is 1.18 bits per heavy atom. The maximum atomic E-state index is 5.42. The van der Waals surface area contributed by atoms with E-state index in [-0.39, 0.29) is 0 Å². The van der Waals surface area contributed by atoms with E-state index in [1.54, 1.807) is 7.11 Å². The summed E-state index contributed by atoms with van der Waals surface area (Å²) in [6.45, 7) is 1.93. The highest BCUT2D eigenvalue weighted by Crippen LogP contribution is 2.28. The van der Waals surface area contributed by atoms with E-state index in [1.807, 2.05) is 11.4 Å². The summed E-state index contributed by atoms with van der Waals surface area (Å²) in [6.07, 6.45) is 5.72. The Labute approximate surface area is 99.8 Å². The Bertz CT molecular complexity index is 561. The molecule has 17 heavy (non-hydrogen) atoms. The van der Waals surface area contributed by atoms with E-state index in [0.29, 0.717) is 0 Å². The third-order valence-corrected chi connectivity index (χ3v) is 3.41. The molecular formula is C12H16N4O. The van der Waals surface area contributed by atoms with Gasteiger partial charge in [-0.25, -0.2) is 0 Å². The van der Waals surface area contributed by atoms with Gasteiger partial charge in [0.15, 0.2) is 5.65 Å². The monoisotopic (exact) mass is 232 g/mol. The first-order valence-corrected chi connectivity index (χ1v) is 6.09. The summed E-state index contributed by atoms with van der Waals surface area (Å²) in [5.41, 5.74) is 4.12. The molecular weight excluding hydrogens is 216 g/mol. The average molecular weight is 232 g/mol.